The summed E-state index contributed by atoms with van der Waals surface area (Å²) in [6.07, 6.45) is 0. The van der Waals surface area contributed by atoms with E-state index in [1.807, 2.05) is 85.0 Å². The highest BCUT2D eigenvalue weighted by molar-refractivity contribution is 5.94. The van der Waals surface area contributed by atoms with Gasteiger partial charge in [-0.05, 0) is 51.1 Å². The Labute approximate surface area is 198 Å². The first-order valence-corrected chi connectivity index (χ1v) is 11.5. The maximum atomic E-state index is 13.0. The second kappa shape index (κ2) is 9.23. The third-order valence-electron chi connectivity index (χ3n) is 6.16. The van der Waals surface area contributed by atoms with Crippen LogP contribution in [0.15, 0.2) is 59.1 Å². The number of hydrogen-bond donors (Lipinski definition) is 0. The number of carbonyl (C=O) groups excluding carboxylic acids is 1. The number of amides is 1. The molecule has 0 aliphatic carbocycles. The Balaban J connectivity index is 1.16. The van der Waals surface area contributed by atoms with Crippen molar-refractivity contribution < 1.29 is 9.32 Å². The second-order valence-corrected chi connectivity index (χ2v) is 8.83. The zero-order valence-corrected chi connectivity index (χ0v) is 19.7. The molecular weight excluding hydrogens is 428 g/mol. The van der Waals surface area contributed by atoms with Gasteiger partial charge in [-0.3, -0.25) is 9.69 Å². The Hall–Kier alpha value is -3.78. The maximum absolute atomic E-state index is 13.0. The van der Waals surface area contributed by atoms with Gasteiger partial charge in [-0.1, -0.05) is 35.0 Å². The van der Waals surface area contributed by atoms with Crippen LogP contribution in [0, 0.1) is 20.8 Å². The van der Waals surface area contributed by atoms with Crippen LogP contribution < -0.4 is 0 Å². The minimum Gasteiger partial charge on any atom is -0.338 e. The van der Waals surface area contributed by atoms with Crippen molar-refractivity contribution in [1.29, 1.82) is 0 Å². The lowest BCUT2D eigenvalue weighted by atomic mass is 10.1. The van der Waals surface area contributed by atoms with E-state index in [2.05, 4.69) is 20.1 Å². The van der Waals surface area contributed by atoms with Crippen LogP contribution in [0.3, 0.4) is 0 Å². The van der Waals surface area contributed by atoms with Crippen LogP contribution >= 0.6 is 0 Å². The summed E-state index contributed by atoms with van der Waals surface area (Å²) >= 11 is 0. The number of carbonyl (C=O) groups is 1. The van der Waals surface area contributed by atoms with Crippen LogP contribution in [0.2, 0.25) is 0 Å². The molecule has 1 aliphatic heterocycles. The van der Waals surface area contributed by atoms with E-state index in [0.29, 0.717) is 36.9 Å². The van der Waals surface area contributed by atoms with Gasteiger partial charge in [-0.15, -0.1) is 0 Å². The van der Waals surface area contributed by atoms with E-state index in [9.17, 15) is 4.79 Å². The van der Waals surface area contributed by atoms with Crippen molar-refractivity contribution in [3.05, 3.63) is 83.0 Å². The number of piperazine rings is 1. The number of aromatic nitrogens is 4. The van der Waals surface area contributed by atoms with Gasteiger partial charge in [0.15, 0.2) is 0 Å². The zero-order chi connectivity index (χ0) is 23.7. The number of rotatable bonds is 5. The van der Waals surface area contributed by atoms with Gasteiger partial charge < -0.3 is 9.42 Å². The molecule has 3 heterocycles. The summed E-state index contributed by atoms with van der Waals surface area (Å²) < 4.78 is 7.36. The Bertz CT molecular complexity index is 1280. The Kier molecular flexibility index (Phi) is 5.98. The number of aryl methyl sites for hydroxylation is 3. The lowest BCUT2D eigenvalue weighted by molar-refractivity contribution is 0.0615. The van der Waals surface area contributed by atoms with Gasteiger partial charge in [0.2, 0.25) is 11.7 Å². The SMILES string of the molecule is Cc1ccc(-c2noc(CN3CCN(C(=O)c4ccc(-n5nc(C)cc5C)cc4)CC3)n2)cc1. The molecule has 0 spiro atoms. The molecule has 1 aliphatic rings. The minimum absolute atomic E-state index is 0.0546. The van der Waals surface area contributed by atoms with Crippen LogP contribution in [-0.2, 0) is 6.54 Å². The molecule has 0 saturated carbocycles. The van der Waals surface area contributed by atoms with Gasteiger partial charge in [-0.2, -0.15) is 10.1 Å². The van der Waals surface area contributed by atoms with E-state index >= 15 is 0 Å². The number of nitrogens with zero attached hydrogens (tertiary/aromatic N) is 6. The van der Waals surface area contributed by atoms with Gasteiger partial charge in [0.05, 0.1) is 17.9 Å². The van der Waals surface area contributed by atoms with Crippen molar-refractivity contribution in [3.63, 3.8) is 0 Å². The Morgan fingerprint density at radius 2 is 1.65 bits per heavy atom. The third kappa shape index (κ3) is 4.63. The molecule has 0 radical (unpaired) electrons. The molecule has 2 aromatic heterocycles. The number of benzene rings is 2. The van der Waals surface area contributed by atoms with E-state index in [4.69, 9.17) is 4.52 Å². The van der Waals surface area contributed by atoms with Crippen molar-refractivity contribution in [2.45, 2.75) is 27.3 Å². The average molecular weight is 457 g/mol. The lowest BCUT2D eigenvalue weighted by Gasteiger charge is -2.34. The molecule has 0 unspecified atom stereocenters. The first kappa shape index (κ1) is 22.0. The molecule has 1 fully saturated rings. The first-order valence-electron chi connectivity index (χ1n) is 11.5. The predicted octanol–water partition coefficient (Wildman–Crippen LogP) is 3.81. The standard InChI is InChI=1S/C26H28N6O2/c1-18-4-6-21(7-5-18)25-27-24(34-29-25)17-30-12-14-31(15-13-30)26(33)22-8-10-23(11-9-22)32-20(3)16-19(2)28-32/h4-11,16H,12-15,17H2,1-3H3. The fourth-order valence-electron chi connectivity index (χ4n) is 4.26. The predicted molar refractivity (Wildman–Crippen MR) is 129 cm³/mol. The summed E-state index contributed by atoms with van der Waals surface area (Å²) in [7, 11) is 0. The van der Waals surface area contributed by atoms with Crippen LogP contribution in [0.5, 0.6) is 0 Å². The van der Waals surface area contributed by atoms with Crippen molar-refractivity contribution >= 4 is 5.91 Å². The zero-order valence-electron chi connectivity index (χ0n) is 19.7. The van der Waals surface area contributed by atoms with Crippen molar-refractivity contribution in [2.75, 3.05) is 26.2 Å². The van der Waals surface area contributed by atoms with Crippen LogP contribution in [0.1, 0.15) is 33.2 Å². The highest BCUT2D eigenvalue weighted by Crippen LogP contribution is 2.18. The number of hydrogen-bond acceptors (Lipinski definition) is 6. The van der Waals surface area contributed by atoms with Crippen LogP contribution in [0.25, 0.3) is 17.1 Å². The highest BCUT2D eigenvalue weighted by atomic mass is 16.5. The second-order valence-electron chi connectivity index (χ2n) is 8.83. The van der Waals surface area contributed by atoms with E-state index in [-0.39, 0.29) is 5.91 Å². The fraction of sp³-hybridized carbons (Fsp3) is 0.308. The minimum atomic E-state index is 0.0546. The third-order valence-corrected chi connectivity index (χ3v) is 6.16. The quantitative estimate of drug-likeness (QED) is 0.454. The molecule has 1 saturated heterocycles. The molecule has 174 valence electrons. The summed E-state index contributed by atoms with van der Waals surface area (Å²) in [4.78, 5) is 21.7. The summed E-state index contributed by atoms with van der Waals surface area (Å²) in [5, 5.41) is 8.62. The normalized spacial score (nSPS) is 14.5. The molecule has 0 N–H and O–H groups in total. The fourth-order valence-corrected chi connectivity index (χ4v) is 4.26. The smallest absolute Gasteiger partial charge is 0.253 e. The molecule has 0 atom stereocenters. The monoisotopic (exact) mass is 456 g/mol. The summed E-state index contributed by atoms with van der Waals surface area (Å²) in [6.45, 7) is 9.48. The van der Waals surface area contributed by atoms with Gasteiger partial charge in [0.1, 0.15) is 0 Å². The average Bonchev–Trinajstić information content (AvgIpc) is 3.45. The molecule has 1 amide bonds. The summed E-state index contributed by atoms with van der Waals surface area (Å²) in [5.74, 6) is 1.25. The lowest BCUT2D eigenvalue weighted by Crippen LogP contribution is -2.48. The van der Waals surface area contributed by atoms with Gasteiger partial charge in [-0.25, -0.2) is 4.68 Å². The van der Waals surface area contributed by atoms with Gasteiger partial charge in [0, 0.05) is 43.0 Å². The van der Waals surface area contributed by atoms with Crippen LogP contribution in [0.4, 0.5) is 0 Å². The summed E-state index contributed by atoms with van der Waals surface area (Å²) in [5.41, 5.74) is 5.83. The molecule has 4 aromatic rings. The van der Waals surface area contributed by atoms with Gasteiger partial charge >= 0.3 is 0 Å². The van der Waals surface area contributed by atoms with Crippen molar-refractivity contribution in [2.24, 2.45) is 0 Å². The highest BCUT2D eigenvalue weighted by Gasteiger charge is 2.23. The van der Waals surface area contributed by atoms with Crippen molar-refractivity contribution in [3.8, 4) is 17.1 Å². The molecule has 0 bridgehead atoms. The molecule has 5 rings (SSSR count). The molecule has 8 nitrogen and oxygen atoms in total. The Morgan fingerprint density at radius 3 is 2.29 bits per heavy atom. The largest absolute Gasteiger partial charge is 0.338 e. The van der Waals surface area contributed by atoms with Gasteiger partial charge in [0.25, 0.3) is 5.91 Å². The van der Waals surface area contributed by atoms with E-state index in [0.717, 1.165) is 35.7 Å². The van der Waals surface area contributed by atoms with Crippen molar-refractivity contribution in [1.82, 2.24) is 29.7 Å². The maximum Gasteiger partial charge on any atom is 0.253 e. The Morgan fingerprint density at radius 1 is 0.941 bits per heavy atom. The summed E-state index contributed by atoms with van der Waals surface area (Å²) in [6, 6.07) is 17.8. The molecule has 8 heteroatoms. The van der Waals surface area contributed by atoms with E-state index in [1.165, 1.54) is 5.56 Å². The first-order chi connectivity index (χ1) is 16.5. The molecular formula is C26H28N6O2. The van der Waals surface area contributed by atoms with E-state index < -0.39 is 0 Å². The van der Waals surface area contributed by atoms with E-state index in [1.54, 1.807) is 0 Å². The van der Waals surface area contributed by atoms with Crippen LogP contribution in [-0.4, -0.2) is 61.8 Å². The molecule has 2 aromatic carbocycles. The molecule has 34 heavy (non-hydrogen) atoms. The topological polar surface area (TPSA) is 80.3 Å².